The van der Waals surface area contributed by atoms with Crippen LogP contribution in [0.4, 0.5) is 4.79 Å². The van der Waals surface area contributed by atoms with Gasteiger partial charge in [0.25, 0.3) is 0 Å². The molecular weight excluding hydrogens is 268 g/mol. The Bertz CT molecular complexity index is 343. The molecule has 0 spiro atoms. The van der Waals surface area contributed by atoms with Crippen molar-refractivity contribution in [1.29, 1.82) is 0 Å². The fraction of sp³-hybridized carbons (Fsp3) is 0.750. The van der Waals surface area contributed by atoms with Gasteiger partial charge in [0.05, 0.1) is 11.7 Å². The van der Waals surface area contributed by atoms with E-state index in [1.54, 1.807) is 6.92 Å². The predicted molar refractivity (Wildman–Crippen MR) is 73.1 cm³/mol. The van der Waals surface area contributed by atoms with E-state index in [2.05, 4.69) is 10.6 Å². The monoisotopic (exact) mass is 288 g/mol. The van der Waals surface area contributed by atoms with E-state index >= 15 is 0 Å². The maximum Gasteiger partial charge on any atom is 0.321 e. The largest absolute Gasteiger partial charge is 0.481 e. The first kappa shape index (κ1) is 15.8. The van der Waals surface area contributed by atoms with Crippen LogP contribution in [0.1, 0.15) is 32.6 Å². The van der Waals surface area contributed by atoms with Crippen LogP contribution >= 0.6 is 11.8 Å². The predicted octanol–water partition coefficient (Wildman–Crippen LogP) is 1.21. The van der Waals surface area contributed by atoms with E-state index in [-0.39, 0.29) is 11.8 Å². The maximum absolute atomic E-state index is 11.5. The summed E-state index contributed by atoms with van der Waals surface area (Å²) in [6.45, 7) is 1.58. The van der Waals surface area contributed by atoms with E-state index < -0.39 is 23.8 Å². The summed E-state index contributed by atoms with van der Waals surface area (Å²) in [6, 6.07) is -0.281. The third-order valence-corrected chi connectivity index (χ3v) is 4.17. The molecule has 0 aromatic heterocycles. The number of urea groups is 1. The minimum atomic E-state index is -0.883. The minimum Gasteiger partial charge on any atom is -0.481 e. The summed E-state index contributed by atoms with van der Waals surface area (Å²) in [4.78, 5) is 33.5. The Hall–Kier alpha value is -1.24. The van der Waals surface area contributed by atoms with E-state index in [0.717, 1.165) is 25.7 Å². The van der Waals surface area contributed by atoms with Crippen LogP contribution in [-0.2, 0) is 9.59 Å². The number of aliphatic carboxylic acids is 1. The molecule has 1 atom stereocenters. The standard InChI is InChI=1S/C12H20N2O4S/c1-8(11(16)17)6-19-7-10(15)14-12(18)13-9-4-2-3-5-9/h8-9H,2-7H2,1H3,(H,16,17)(H2,13,14,15,18). The van der Waals surface area contributed by atoms with E-state index in [4.69, 9.17) is 5.11 Å². The lowest BCUT2D eigenvalue weighted by molar-refractivity contribution is -0.140. The molecule has 1 saturated carbocycles. The first-order valence-corrected chi connectivity index (χ1v) is 7.55. The summed E-state index contributed by atoms with van der Waals surface area (Å²) >= 11 is 1.21. The highest BCUT2D eigenvalue weighted by atomic mass is 32.2. The Labute approximate surface area is 116 Å². The molecule has 1 aliphatic rings. The van der Waals surface area contributed by atoms with Gasteiger partial charge in [-0.2, -0.15) is 11.8 Å². The molecule has 1 rings (SSSR count). The summed E-state index contributed by atoms with van der Waals surface area (Å²) in [6.07, 6.45) is 4.16. The van der Waals surface area contributed by atoms with Gasteiger partial charge in [-0.25, -0.2) is 4.79 Å². The SMILES string of the molecule is CC(CSCC(=O)NC(=O)NC1CCCC1)C(=O)O. The molecule has 1 fully saturated rings. The Morgan fingerprint density at radius 1 is 1.32 bits per heavy atom. The van der Waals surface area contributed by atoms with Gasteiger partial charge in [0.1, 0.15) is 0 Å². The second-order valence-corrected chi connectivity index (χ2v) is 5.79. The third kappa shape index (κ3) is 6.47. The lowest BCUT2D eigenvalue weighted by Gasteiger charge is -2.12. The molecule has 1 unspecified atom stereocenters. The number of hydrogen-bond acceptors (Lipinski definition) is 4. The molecule has 0 aromatic rings. The van der Waals surface area contributed by atoms with Crippen molar-refractivity contribution >= 4 is 29.7 Å². The summed E-state index contributed by atoms with van der Waals surface area (Å²) < 4.78 is 0. The number of imide groups is 1. The third-order valence-electron chi connectivity index (χ3n) is 2.97. The highest BCUT2D eigenvalue weighted by Crippen LogP contribution is 2.17. The highest BCUT2D eigenvalue weighted by molar-refractivity contribution is 7.99. The van der Waals surface area contributed by atoms with Crippen molar-refractivity contribution in [3.63, 3.8) is 0 Å². The number of carbonyl (C=O) groups is 3. The average molecular weight is 288 g/mol. The van der Waals surface area contributed by atoms with Crippen LogP contribution in [0.3, 0.4) is 0 Å². The van der Waals surface area contributed by atoms with E-state index in [1.165, 1.54) is 11.8 Å². The van der Waals surface area contributed by atoms with E-state index in [0.29, 0.717) is 5.75 Å². The molecule has 0 aromatic carbocycles. The van der Waals surface area contributed by atoms with Crippen molar-refractivity contribution < 1.29 is 19.5 Å². The van der Waals surface area contributed by atoms with Crippen molar-refractivity contribution in [1.82, 2.24) is 10.6 Å². The average Bonchev–Trinajstić information content (AvgIpc) is 2.81. The topological polar surface area (TPSA) is 95.5 Å². The zero-order valence-corrected chi connectivity index (χ0v) is 11.8. The Kier molecular flexibility index (Phi) is 6.69. The molecule has 0 saturated heterocycles. The van der Waals surface area contributed by atoms with Gasteiger partial charge < -0.3 is 10.4 Å². The second-order valence-electron chi connectivity index (χ2n) is 4.76. The number of hydrogen-bond donors (Lipinski definition) is 3. The number of rotatable bonds is 6. The molecule has 0 radical (unpaired) electrons. The van der Waals surface area contributed by atoms with Crippen LogP contribution in [0.15, 0.2) is 0 Å². The lowest BCUT2D eigenvalue weighted by atomic mass is 10.2. The molecule has 0 aliphatic heterocycles. The second kappa shape index (κ2) is 8.04. The van der Waals surface area contributed by atoms with Crippen LogP contribution in [-0.4, -0.2) is 40.6 Å². The van der Waals surface area contributed by atoms with Crippen LogP contribution in [0.25, 0.3) is 0 Å². The van der Waals surface area contributed by atoms with Crippen molar-refractivity contribution in [3.05, 3.63) is 0 Å². The minimum absolute atomic E-state index is 0.0930. The van der Waals surface area contributed by atoms with Crippen molar-refractivity contribution in [2.45, 2.75) is 38.6 Å². The molecule has 3 N–H and O–H groups in total. The van der Waals surface area contributed by atoms with Gasteiger partial charge in [0.15, 0.2) is 0 Å². The van der Waals surface area contributed by atoms with E-state index in [1.807, 2.05) is 0 Å². The quantitative estimate of drug-likeness (QED) is 0.683. The van der Waals surface area contributed by atoms with Gasteiger partial charge >= 0.3 is 12.0 Å². The van der Waals surface area contributed by atoms with Gasteiger partial charge in [-0.1, -0.05) is 19.8 Å². The normalized spacial score (nSPS) is 16.9. The fourth-order valence-electron chi connectivity index (χ4n) is 1.85. The maximum atomic E-state index is 11.5. The molecule has 0 bridgehead atoms. The van der Waals surface area contributed by atoms with E-state index in [9.17, 15) is 14.4 Å². The first-order chi connectivity index (χ1) is 8.99. The van der Waals surface area contributed by atoms with Gasteiger partial charge in [-0.3, -0.25) is 14.9 Å². The van der Waals surface area contributed by atoms with Crippen molar-refractivity contribution in [2.24, 2.45) is 5.92 Å². The van der Waals surface area contributed by atoms with Crippen molar-refractivity contribution in [3.8, 4) is 0 Å². The fourth-order valence-corrected chi connectivity index (χ4v) is 2.73. The Balaban J connectivity index is 2.12. The first-order valence-electron chi connectivity index (χ1n) is 6.40. The molecule has 7 heteroatoms. The molecule has 6 nitrogen and oxygen atoms in total. The number of thioether (sulfide) groups is 1. The number of carboxylic acid groups (broad SMARTS) is 1. The smallest absolute Gasteiger partial charge is 0.321 e. The molecule has 108 valence electrons. The summed E-state index contributed by atoms with van der Waals surface area (Å²) in [5, 5.41) is 13.7. The van der Waals surface area contributed by atoms with Gasteiger partial charge in [0.2, 0.25) is 5.91 Å². The van der Waals surface area contributed by atoms with Gasteiger partial charge in [-0.15, -0.1) is 0 Å². The molecule has 1 aliphatic carbocycles. The van der Waals surface area contributed by atoms with Crippen LogP contribution in [0, 0.1) is 5.92 Å². The van der Waals surface area contributed by atoms with Gasteiger partial charge in [-0.05, 0) is 12.8 Å². The molecule has 3 amide bonds. The highest BCUT2D eigenvalue weighted by Gasteiger charge is 2.18. The molecular formula is C12H20N2O4S. The molecule has 0 heterocycles. The Morgan fingerprint density at radius 2 is 1.95 bits per heavy atom. The van der Waals surface area contributed by atoms with Crippen LogP contribution < -0.4 is 10.6 Å². The van der Waals surface area contributed by atoms with Crippen molar-refractivity contribution in [2.75, 3.05) is 11.5 Å². The summed E-state index contributed by atoms with van der Waals surface area (Å²) in [5.74, 6) is -1.32. The zero-order chi connectivity index (χ0) is 14.3. The lowest BCUT2D eigenvalue weighted by Crippen LogP contribution is -2.44. The van der Waals surface area contributed by atoms with Gasteiger partial charge in [0, 0.05) is 11.8 Å². The van der Waals surface area contributed by atoms with Crippen LogP contribution in [0.2, 0.25) is 0 Å². The number of carboxylic acids is 1. The summed E-state index contributed by atoms with van der Waals surface area (Å²) in [7, 11) is 0. The number of nitrogens with one attached hydrogen (secondary N) is 2. The number of carbonyl (C=O) groups excluding carboxylic acids is 2. The Morgan fingerprint density at radius 3 is 2.53 bits per heavy atom. The summed E-state index contributed by atoms with van der Waals surface area (Å²) in [5.41, 5.74) is 0. The zero-order valence-electron chi connectivity index (χ0n) is 11.0. The van der Waals surface area contributed by atoms with Crippen LogP contribution in [0.5, 0.6) is 0 Å². The number of amides is 3. The molecule has 19 heavy (non-hydrogen) atoms.